The molecule has 2 atom stereocenters. The molecule has 16 heteroatoms. The second-order valence-corrected chi connectivity index (χ2v) is 11.4. The lowest BCUT2D eigenvalue weighted by Crippen LogP contribution is -2.50. The van der Waals surface area contributed by atoms with E-state index in [-0.39, 0.29) is 31.1 Å². The standard InChI is InChI=1S/C28H56N6O5.C2HF3O2/c1-4-5-6-7-8-9-10-11-12-13-14-15-20-31-21-16-17-24(35)32-23(33-28(30)38)18-19-25(36)39-34-26(22(2)3)27(29)37;3-2(4,5)1(6)7/h22-23,26,31,34H,4-21H2,1-3H3,(H2,29,37)(H,32,35)(H3,30,33,38);(H,6,7)/t23?,26-;/m0./s1. The Morgan fingerprint density at radius 3 is 1.67 bits per heavy atom. The van der Waals surface area contributed by atoms with Crippen molar-refractivity contribution in [2.24, 2.45) is 17.4 Å². The first-order valence-corrected chi connectivity index (χ1v) is 16.2. The SMILES string of the molecule is CCCCCCCCCCCCCCNCCCC(=O)NC(CCC(=O)ON[C@H](C(N)=O)C(C)C)NC(N)=O.O=C(O)C(F)(F)F. The number of unbranched alkanes of at least 4 members (excludes halogenated alkanes) is 11. The van der Waals surface area contributed by atoms with E-state index in [0.717, 1.165) is 19.5 Å². The molecule has 0 rings (SSSR count). The van der Waals surface area contributed by atoms with Gasteiger partial charge in [0.15, 0.2) is 0 Å². The number of urea groups is 1. The van der Waals surface area contributed by atoms with Crippen molar-refractivity contribution in [2.45, 2.75) is 142 Å². The highest BCUT2D eigenvalue weighted by molar-refractivity contribution is 5.80. The molecule has 0 aromatic rings. The quantitative estimate of drug-likeness (QED) is 0.0399. The summed E-state index contributed by atoms with van der Waals surface area (Å²) in [5.74, 6) is -4.47. The highest BCUT2D eigenvalue weighted by Crippen LogP contribution is 2.13. The Bertz CT molecular complexity index is 863. The van der Waals surface area contributed by atoms with Gasteiger partial charge in [0, 0.05) is 6.42 Å². The number of hydrogen-bond acceptors (Lipinski definition) is 8. The van der Waals surface area contributed by atoms with E-state index in [9.17, 15) is 32.3 Å². The highest BCUT2D eigenvalue weighted by Gasteiger charge is 2.38. The summed E-state index contributed by atoms with van der Waals surface area (Å²) in [7, 11) is 0. The summed E-state index contributed by atoms with van der Waals surface area (Å²) in [6, 6.07) is -1.63. The Balaban J connectivity index is 0. The third kappa shape index (κ3) is 29.6. The number of nitrogens with one attached hydrogen (secondary N) is 4. The monoisotopic (exact) mass is 670 g/mol. The molecule has 1 unspecified atom stereocenters. The zero-order valence-electron chi connectivity index (χ0n) is 27.6. The van der Waals surface area contributed by atoms with Crippen molar-refractivity contribution >= 4 is 29.8 Å². The van der Waals surface area contributed by atoms with Crippen LogP contribution >= 0.6 is 0 Å². The summed E-state index contributed by atoms with van der Waals surface area (Å²) in [6.07, 6.45) is 10.9. The van der Waals surface area contributed by atoms with Crippen molar-refractivity contribution in [3.05, 3.63) is 0 Å². The van der Waals surface area contributed by atoms with Crippen LogP contribution < -0.4 is 32.9 Å². The Hall–Kier alpha value is -3.14. The number of halogens is 3. The number of carboxylic acids is 1. The molecule has 13 nitrogen and oxygen atoms in total. The number of rotatable bonds is 26. The predicted octanol–water partition coefficient (Wildman–Crippen LogP) is 4.14. The van der Waals surface area contributed by atoms with Crippen LogP contribution in [0.15, 0.2) is 0 Å². The van der Waals surface area contributed by atoms with Gasteiger partial charge in [-0.3, -0.25) is 14.4 Å². The number of amides is 4. The van der Waals surface area contributed by atoms with Crippen LogP contribution in [0.5, 0.6) is 0 Å². The number of carbonyl (C=O) groups is 5. The first-order valence-electron chi connectivity index (χ1n) is 16.2. The van der Waals surface area contributed by atoms with Gasteiger partial charge < -0.3 is 37.4 Å². The van der Waals surface area contributed by atoms with E-state index in [1.807, 2.05) is 0 Å². The third-order valence-electron chi connectivity index (χ3n) is 6.77. The lowest BCUT2D eigenvalue weighted by Gasteiger charge is -2.20. The maximum absolute atomic E-state index is 12.3. The van der Waals surface area contributed by atoms with E-state index < -0.39 is 42.3 Å². The first kappa shape index (κ1) is 45.0. The molecule has 0 aliphatic rings. The van der Waals surface area contributed by atoms with Gasteiger partial charge in [-0.25, -0.2) is 9.59 Å². The maximum atomic E-state index is 12.3. The largest absolute Gasteiger partial charge is 0.490 e. The van der Waals surface area contributed by atoms with Crippen LogP contribution in [0, 0.1) is 5.92 Å². The molecule has 0 aliphatic carbocycles. The smallest absolute Gasteiger partial charge is 0.475 e. The molecule has 0 fully saturated rings. The topological polar surface area (TPSA) is 215 Å². The normalized spacial score (nSPS) is 12.4. The number of carboxylic acid groups (broad SMARTS) is 1. The molecule has 0 aliphatic heterocycles. The Kier molecular flexibility index (Phi) is 27.5. The van der Waals surface area contributed by atoms with Gasteiger partial charge in [0.25, 0.3) is 0 Å². The zero-order valence-corrected chi connectivity index (χ0v) is 27.6. The summed E-state index contributed by atoms with van der Waals surface area (Å²) in [4.78, 5) is 60.7. The molecule has 0 aromatic heterocycles. The molecule has 9 N–H and O–H groups in total. The average Bonchev–Trinajstić information content (AvgIpc) is 2.95. The van der Waals surface area contributed by atoms with Crippen LogP contribution in [-0.2, 0) is 24.0 Å². The van der Waals surface area contributed by atoms with E-state index >= 15 is 0 Å². The molecule has 0 heterocycles. The minimum atomic E-state index is -5.08. The fourth-order valence-electron chi connectivity index (χ4n) is 4.17. The van der Waals surface area contributed by atoms with Gasteiger partial charge >= 0.3 is 24.1 Å². The third-order valence-corrected chi connectivity index (χ3v) is 6.77. The van der Waals surface area contributed by atoms with Gasteiger partial charge in [-0.05, 0) is 38.3 Å². The summed E-state index contributed by atoms with van der Waals surface area (Å²) in [5.41, 5.74) is 12.8. The van der Waals surface area contributed by atoms with Crippen LogP contribution in [0.1, 0.15) is 124 Å². The highest BCUT2D eigenvalue weighted by atomic mass is 19.4. The lowest BCUT2D eigenvalue weighted by molar-refractivity contribution is -0.192. The van der Waals surface area contributed by atoms with Crippen molar-refractivity contribution in [2.75, 3.05) is 13.1 Å². The zero-order chi connectivity index (χ0) is 35.4. The fourth-order valence-corrected chi connectivity index (χ4v) is 4.17. The molecule has 0 aromatic carbocycles. The van der Waals surface area contributed by atoms with Crippen LogP contribution in [-0.4, -0.2) is 66.4 Å². The van der Waals surface area contributed by atoms with E-state index in [1.165, 1.54) is 70.6 Å². The number of alkyl halides is 3. The molecule has 46 heavy (non-hydrogen) atoms. The second-order valence-electron chi connectivity index (χ2n) is 11.4. The van der Waals surface area contributed by atoms with Crippen LogP contribution in [0.3, 0.4) is 0 Å². The average molecular weight is 671 g/mol. The first-order chi connectivity index (χ1) is 21.6. The molecule has 270 valence electrons. The minimum Gasteiger partial charge on any atom is -0.475 e. The van der Waals surface area contributed by atoms with Crippen LogP contribution in [0.25, 0.3) is 0 Å². The fraction of sp³-hybridized carbons (Fsp3) is 0.833. The number of primary amides is 2. The molecular weight excluding hydrogens is 613 g/mol. The van der Waals surface area contributed by atoms with E-state index in [4.69, 9.17) is 26.2 Å². The Morgan fingerprint density at radius 1 is 0.761 bits per heavy atom. The lowest BCUT2D eigenvalue weighted by atomic mass is 10.1. The number of carbonyl (C=O) groups excluding carboxylic acids is 4. The minimum absolute atomic E-state index is 0.0787. The summed E-state index contributed by atoms with van der Waals surface area (Å²) < 4.78 is 31.7. The van der Waals surface area contributed by atoms with E-state index in [1.54, 1.807) is 13.8 Å². The number of aliphatic carboxylic acids is 1. The van der Waals surface area contributed by atoms with Gasteiger partial charge in [0.2, 0.25) is 11.8 Å². The Labute approximate surface area is 270 Å². The van der Waals surface area contributed by atoms with E-state index in [0.29, 0.717) is 6.42 Å². The summed E-state index contributed by atoms with van der Waals surface area (Å²) in [5, 5.41) is 15.6. The van der Waals surface area contributed by atoms with Crippen molar-refractivity contribution in [3.63, 3.8) is 0 Å². The predicted molar refractivity (Wildman–Crippen MR) is 168 cm³/mol. The summed E-state index contributed by atoms with van der Waals surface area (Å²) in [6.45, 7) is 7.44. The van der Waals surface area contributed by atoms with Gasteiger partial charge in [0.05, 0.1) is 6.42 Å². The van der Waals surface area contributed by atoms with Crippen molar-refractivity contribution in [1.82, 2.24) is 21.4 Å². The van der Waals surface area contributed by atoms with Gasteiger partial charge in [0.1, 0.15) is 12.2 Å². The Morgan fingerprint density at radius 2 is 1.24 bits per heavy atom. The number of hydrogen-bond donors (Lipinski definition) is 7. The molecule has 0 saturated heterocycles. The second kappa shape index (κ2) is 28.1. The molecule has 0 bridgehead atoms. The molecule has 0 saturated carbocycles. The number of nitrogens with two attached hydrogens (primary N) is 2. The molecular formula is C30H57F3N6O7. The summed E-state index contributed by atoms with van der Waals surface area (Å²) >= 11 is 0. The van der Waals surface area contributed by atoms with Crippen molar-refractivity contribution < 1.29 is 47.1 Å². The molecule has 0 radical (unpaired) electrons. The van der Waals surface area contributed by atoms with Crippen molar-refractivity contribution in [3.8, 4) is 0 Å². The maximum Gasteiger partial charge on any atom is 0.490 e. The van der Waals surface area contributed by atoms with Gasteiger partial charge in [-0.15, -0.1) is 5.48 Å². The van der Waals surface area contributed by atoms with Gasteiger partial charge in [-0.1, -0.05) is 91.4 Å². The van der Waals surface area contributed by atoms with Crippen LogP contribution in [0.4, 0.5) is 18.0 Å². The molecule has 4 amide bonds. The van der Waals surface area contributed by atoms with Crippen molar-refractivity contribution in [1.29, 1.82) is 0 Å². The van der Waals surface area contributed by atoms with Gasteiger partial charge in [-0.2, -0.15) is 13.2 Å². The van der Waals surface area contributed by atoms with Crippen LogP contribution in [0.2, 0.25) is 0 Å². The molecule has 0 spiro atoms. The number of hydroxylamine groups is 1. The van der Waals surface area contributed by atoms with E-state index in [2.05, 4.69) is 28.4 Å².